The third-order valence-electron chi connectivity index (χ3n) is 4.52. The van der Waals surface area contributed by atoms with E-state index in [2.05, 4.69) is 4.98 Å². The average Bonchev–Trinajstić information content (AvgIpc) is 3.28. The number of para-hydroxylation sites is 2. The minimum absolute atomic E-state index is 0.0323. The summed E-state index contributed by atoms with van der Waals surface area (Å²) < 4.78 is 24.9. The second kappa shape index (κ2) is 6.20. The van der Waals surface area contributed by atoms with Gasteiger partial charge in [-0.25, -0.2) is 13.4 Å². The fourth-order valence-corrected chi connectivity index (χ4v) is 4.06. The number of imidazole rings is 1. The minimum Gasteiger partial charge on any atom is -0.340 e. The number of nitrogens with zero attached hydrogens (tertiary/aromatic N) is 3. The second-order valence-electron chi connectivity index (χ2n) is 6.77. The third-order valence-corrected chi connectivity index (χ3v) is 5.61. The molecular formula is C17H23N3O3S. The van der Waals surface area contributed by atoms with Crippen molar-refractivity contribution >= 4 is 26.8 Å². The van der Waals surface area contributed by atoms with Crippen LogP contribution in [0, 0.1) is 0 Å². The summed E-state index contributed by atoms with van der Waals surface area (Å²) in [4.78, 5) is 18.9. The minimum atomic E-state index is -3.12. The fourth-order valence-electron chi connectivity index (χ4n) is 2.96. The highest BCUT2D eigenvalue weighted by Crippen LogP contribution is 2.40. The van der Waals surface area contributed by atoms with Crippen LogP contribution in [0.2, 0.25) is 0 Å². The van der Waals surface area contributed by atoms with Crippen LogP contribution in [0.3, 0.4) is 0 Å². The molecule has 0 aliphatic heterocycles. The predicted octanol–water partition coefficient (Wildman–Crippen LogP) is 1.81. The number of likely N-dealkylation sites (N-methyl/N-ethyl adjacent to an activating group) is 1. The van der Waals surface area contributed by atoms with Gasteiger partial charge in [0.2, 0.25) is 5.91 Å². The maximum Gasteiger partial charge on any atom is 0.242 e. The Morgan fingerprint density at radius 2 is 2.04 bits per heavy atom. The van der Waals surface area contributed by atoms with E-state index in [1.54, 1.807) is 14.0 Å². The molecule has 1 heterocycles. The molecule has 1 aliphatic carbocycles. The number of amides is 1. The molecule has 1 aromatic carbocycles. The van der Waals surface area contributed by atoms with Crippen molar-refractivity contribution in [2.45, 2.75) is 38.3 Å². The highest BCUT2D eigenvalue weighted by atomic mass is 32.2. The van der Waals surface area contributed by atoms with Crippen LogP contribution in [-0.2, 0) is 21.2 Å². The van der Waals surface area contributed by atoms with Gasteiger partial charge in [-0.15, -0.1) is 0 Å². The van der Waals surface area contributed by atoms with Crippen LogP contribution in [-0.4, -0.2) is 53.9 Å². The lowest BCUT2D eigenvalue weighted by Crippen LogP contribution is -2.41. The highest BCUT2D eigenvalue weighted by Gasteiger charge is 2.30. The van der Waals surface area contributed by atoms with Gasteiger partial charge in [0.05, 0.1) is 16.8 Å². The lowest BCUT2D eigenvalue weighted by Gasteiger charge is -2.25. The van der Waals surface area contributed by atoms with Crippen LogP contribution < -0.4 is 0 Å². The molecule has 24 heavy (non-hydrogen) atoms. The Labute approximate surface area is 142 Å². The topological polar surface area (TPSA) is 72.3 Å². The molecule has 7 heteroatoms. The molecule has 0 bridgehead atoms. The van der Waals surface area contributed by atoms with Gasteiger partial charge in [0.25, 0.3) is 0 Å². The van der Waals surface area contributed by atoms with Crippen LogP contribution in [0.1, 0.15) is 31.5 Å². The molecule has 0 N–H and O–H groups in total. The number of rotatable bonds is 6. The maximum absolute atomic E-state index is 12.7. The van der Waals surface area contributed by atoms with Crippen molar-refractivity contribution in [1.29, 1.82) is 0 Å². The first-order valence-electron chi connectivity index (χ1n) is 8.15. The van der Waals surface area contributed by atoms with Crippen molar-refractivity contribution < 1.29 is 13.2 Å². The molecule has 1 saturated carbocycles. The molecule has 1 fully saturated rings. The van der Waals surface area contributed by atoms with E-state index >= 15 is 0 Å². The van der Waals surface area contributed by atoms with Crippen LogP contribution in [0.15, 0.2) is 24.3 Å². The van der Waals surface area contributed by atoms with Crippen molar-refractivity contribution in [1.82, 2.24) is 14.5 Å². The van der Waals surface area contributed by atoms with E-state index in [0.29, 0.717) is 5.92 Å². The Bertz CT molecular complexity index is 868. The van der Waals surface area contributed by atoms with Gasteiger partial charge >= 0.3 is 0 Å². The Kier molecular flexibility index (Phi) is 4.38. The Balaban J connectivity index is 1.84. The molecular weight excluding hydrogens is 326 g/mol. The summed E-state index contributed by atoms with van der Waals surface area (Å²) in [5, 5.41) is 0. The molecule has 6 nitrogen and oxygen atoms in total. The zero-order valence-electron chi connectivity index (χ0n) is 14.3. The first kappa shape index (κ1) is 17.0. The summed E-state index contributed by atoms with van der Waals surface area (Å²) in [6, 6.07) is 7.46. The van der Waals surface area contributed by atoms with Gasteiger partial charge in [-0.3, -0.25) is 4.79 Å². The van der Waals surface area contributed by atoms with E-state index in [0.717, 1.165) is 29.7 Å². The first-order chi connectivity index (χ1) is 11.3. The molecule has 1 amide bonds. The third kappa shape index (κ3) is 3.61. The number of hydrogen-bond acceptors (Lipinski definition) is 4. The Morgan fingerprint density at radius 3 is 2.67 bits per heavy atom. The lowest BCUT2D eigenvalue weighted by atomic mass is 10.3. The monoisotopic (exact) mass is 349 g/mol. The van der Waals surface area contributed by atoms with Crippen molar-refractivity contribution in [3.8, 4) is 0 Å². The molecule has 0 unspecified atom stereocenters. The number of benzene rings is 1. The summed E-state index contributed by atoms with van der Waals surface area (Å²) in [7, 11) is -1.46. The standard InChI is InChI=1S/C17H23N3O3S/c1-12(11-24(3,22)23)19(2)16(21)10-20-15-7-5-4-6-14(15)18-17(20)13-8-9-13/h4-7,12-13H,8-11H2,1-3H3/t12-/m1/s1. The smallest absolute Gasteiger partial charge is 0.242 e. The maximum atomic E-state index is 12.7. The van der Waals surface area contributed by atoms with Gasteiger partial charge < -0.3 is 9.47 Å². The van der Waals surface area contributed by atoms with E-state index < -0.39 is 9.84 Å². The predicted molar refractivity (Wildman–Crippen MR) is 93.7 cm³/mol. The van der Waals surface area contributed by atoms with Crippen LogP contribution >= 0.6 is 0 Å². The first-order valence-corrected chi connectivity index (χ1v) is 10.2. The molecule has 1 aliphatic rings. The lowest BCUT2D eigenvalue weighted by molar-refractivity contribution is -0.131. The van der Waals surface area contributed by atoms with Crippen molar-refractivity contribution in [2.75, 3.05) is 19.1 Å². The average molecular weight is 349 g/mol. The summed E-state index contributed by atoms with van der Waals surface area (Å²) in [6.45, 7) is 1.95. The SMILES string of the molecule is C[C@H](CS(C)(=O)=O)N(C)C(=O)Cn1c(C2CC2)nc2ccccc21. The molecule has 2 aromatic rings. The molecule has 1 aromatic heterocycles. The van der Waals surface area contributed by atoms with Crippen LogP contribution in [0.5, 0.6) is 0 Å². The summed E-state index contributed by atoms with van der Waals surface area (Å²) in [5.41, 5.74) is 1.86. The van der Waals surface area contributed by atoms with E-state index in [1.807, 2.05) is 28.8 Å². The number of aromatic nitrogens is 2. The zero-order chi connectivity index (χ0) is 17.5. The highest BCUT2D eigenvalue weighted by molar-refractivity contribution is 7.90. The number of carbonyl (C=O) groups excluding carboxylic acids is 1. The quantitative estimate of drug-likeness (QED) is 0.797. The van der Waals surface area contributed by atoms with E-state index in [-0.39, 0.29) is 24.2 Å². The number of carbonyl (C=O) groups is 1. The number of fused-ring (bicyclic) bond motifs is 1. The summed E-state index contributed by atoms with van der Waals surface area (Å²) >= 11 is 0. The second-order valence-corrected chi connectivity index (χ2v) is 8.95. The van der Waals surface area contributed by atoms with Crippen LogP contribution in [0.25, 0.3) is 11.0 Å². The van der Waals surface area contributed by atoms with Crippen molar-refractivity contribution in [3.05, 3.63) is 30.1 Å². The van der Waals surface area contributed by atoms with Gasteiger partial charge in [-0.1, -0.05) is 12.1 Å². The normalized spacial score (nSPS) is 16.3. The fraction of sp³-hybridized carbons (Fsp3) is 0.529. The Hall–Kier alpha value is -1.89. The molecule has 0 radical (unpaired) electrons. The van der Waals surface area contributed by atoms with Crippen molar-refractivity contribution in [2.24, 2.45) is 0 Å². The van der Waals surface area contributed by atoms with Gasteiger partial charge in [0.15, 0.2) is 0 Å². The zero-order valence-corrected chi connectivity index (χ0v) is 15.1. The molecule has 0 spiro atoms. The molecule has 130 valence electrons. The van der Waals surface area contributed by atoms with Gasteiger partial charge in [-0.05, 0) is 31.9 Å². The molecule has 0 saturated heterocycles. The van der Waals surface area contributed by atoms with Crippen molar-refractivity contribution in [3.63, 3.8) is 0 Å². The van der Waals surface area contributed by atoms with Gasteiger partial charge in [0, 0.05) is 25.3 Å². The largest absolute Gasteiger partial charge is 0.340 e. The molecule has 1 atom stereocenters. The van der Waals surface area contributed by atoms with Gasteiger partial charge in [0.1, 0.15) is 22.2 Å². The number of sulfone groups is 1. The Morgan fingerprint density at radius 1 is 1.38 bits per heavy atom. The van der Waals surface area contributed by atoms with E-state index in [9.17, 15) is 13.2 Å². The van der Waals surface area contributed by atoms with E-state index in [1.165, 1.54) is 11.2 Å². The molecule has 3 rings (SSSR count). The van der Waals surface area contributed by atoms with Crippen LogP contribution in [0.4, 0.5) is 0 Å². The van der Waals surface area contributed by atoms with Gasteiger partial charge in [-0.2, -0.15) is 0 Å². The van der Waals surface area contributed by atoms with E-state index in [4.69, 9.17) is 0 Å². The summed E-state index contributed by atoms with van der Waals surface area (Å²) in [6.07, 6.45) is 3.41. The number of hydrogen-bond donors (Lipinski definition) is 0. The summed E-state index contributed by atoms with van der Waals surface area (Å²) in [5.74, 6) is 1.27.